The monoisotopic (exact) mass is 410 g/mol. The average Bonchev–Trinajstić information content (AvgIpc) is 2.68. The number of hydrogen-bond donors (Lipinski definition) is 0. The van der Waals surface area contributed by atoms with E-state index in [1.165, 1.54) is 5.56 Å². The van der Waals surface area contributed by atoms with E-state index >= 15 is 0 Å². The number of carbonyl (C=O) groups excluding carboxylic acids is 1. The Morgan fingerprint density at radius 2 is 1.81 bits per heavy atom. The SMILES string of the molecule is Cc1ccc(-c2cc(C(=O)N3CCOCC3)c3cc(Br)ccc3n2)cc1. The molecule has 1 fully saturated rings. The lowest BCUT2D eigenvalue weighted by atomic mass is 10.0. The molecule has 0 radical (unpaired) electrons. The molecule has 2 aromatic carbocycles. The zero-order valence-electron chi connectivity index (χ0n) is 14.5. The Morgan fingerprint density at radius 1 is 1.08 bits per heavy atom. The highest BCUT2D eigenvalue weighted by atomic mass is 79.9. The summed E-state index contributed by atoms with van der Waals surface area (Å²) >= 11 is 3.51. The molecule has 4 rings (SSSR count). The van der Waals surface area contributed by atoms with E-state index < -0.39 is 0 Å². The van der Waals surface area contributed by atoms with Crippen LogP contribution in [0.25, 0.3) is 22.2 Å². The van der Waals surface area contributed by atoms with Crippen LogP contribution >= 0.6 is 15.9 Å². The summed E-state index contributed by atoms with van der Waals surface area (Å²) in [6.45, 7) is 4.47. The van der Waals surface area contributed by atoms with Crippen LogP contribution in [0.5, 0.6) is 0 Å². The molecule has 0 spiro atoms. The summed E-state index contributed by atoms with van der Waals surface area (Å²) in [5.41, 5.74) is 4.53. The van der Waals surface area contributed by atoms with Crippen molar-refractivity contribution in [1.29, 1.82) is 0 Å². The van der Waals surface area contributed by atoms with Crippen LogP contribution < -0.4 is 0 Å². The van der Waals surface area contributed by atoms with Crippen molar-refractivity contribution >= 4 is 32.7 Å². The molecule has 3 aromatic rings. The van der Waals surface area contributed by atoms with Crippen molar-refractivity contribution in [3.63, 3.8) is 0 Å². The molecular formula is C21H19BrN2O2. The highest BCUT2D eigenvalue weighted by molar-refractivity contribution is 9.10. The zero-order chi connectivity index (χ0) is 18.1. The molecular weight excluding hydrogens is 392 g/mol. The van der Waals surface area contributed by atoms with E-state index in [1.807, 2.05) is 41.3 Å². The van der Waals surface area contributed by atoms with Crippen molar-refractivity contribution in [1.82, 2.24) is 9.88 Å². The Kier molecular flexibility index (Phi) is 4.74. The van der Waals surface area contributed by atoms with Gasteiger partial charge in [-0.25, -0.2) is 4.98 Å². The molecule has 1 aliphatic heterocycles. The number of aryl methyl sites for hydroxylation is 1. The number of ether oxygens (including phenoxy) is 1. The predicted molar refractivity (Wildman–Crippen MR) is 106 cm³/mol. The van der Waals surface area contributed by atoms with Gasteiger partial charge in [-0.2, -0.15) is 0 Å². The summed E-state index contributed by atoms with van der Waals surface area (Å²) in [4.78, 5) is 19.8. The molecule has 0 aliphatic carbocycles. The number of rotatable bonds is 2. The van der Waals surface area contributed by atoms with Gasteiger partial charge in [0.05, 0.1) is 30.0 Å². The third-order valence-corrected chi connectivity index (χ3v) is 5.14. The van der Waals surface area contributed by atoms with E-state index in [0.29, 0.717) is 31.9 Å². The molecule has 2 heterocycles. The second-order valence-corrected chi connectivity index (χ2v) is 7.40. The van der Waals surface area contributed by atoms with E-state index in [0.717, 1.165) is 26.6 Å². The molecule has 0 atom stereocenters. The molecule has 1 amide bonds. The maximum absolute atomic E-state index is 13.2. The van der Waals surface area contributed by atoms with Crippen LogP contribution in [0, 0.1) is 6.92 Å². The lowest BCUT2D eigenvalue weighted by Crippen LogP contribution is -2.40. The summed E-state index contributed by atoms with van der Waals surface area (Å²) in [6.07, 6.45) is 0. The van der Waals surface area contributed by atoms with E-state index in [-0.39, 0.29) is 5.91 Å². The predicted octanol–water partition coefficient (Wildman–Crippen LogP) is 4.45. The van der Waals surface area contributed by atoms with E-state index in [4.69, 9.17) is 9.72 Å². The number of aromatic nitrogens is 1. The van der Waals surface area contributed by atoms with Crippen LogP contribution in [-0.4, -0.2) is 42.1 Å². The van der Waals surface area contributed by atoms with Crippen molar-refractivity contribution < 1.29 is 9.53 Å². The van der Waals surface area contributed by atoms with Crippen molar-refractivity contribution in [2.45, 2.75) is 6.92 Å². The minimum absolute atomic E-state index is 0.0344. The van der Waals surface area contributed by atoms with Gasteiger partial charge in [-0.15, -0.1) is 0 Å². The van der Waals surface area contributed by atoms with Crippen molar-refractivity contribution in [3.05, 3.63) is 64.1 Å². The van der Waals surface area contributed by atoms with Gasteiger partial charge in [-0.1, -0.05) is 45.8 Å². The Balaban J connectivity index is 1.86. The molecule has 0 bridgehead atoms. The van der Waals surface area contributed by atoms with Gasteiger partial charge in [0.1, 0.15) is 0 Å². The quantitative estimate of drug-likeness (QED) is 0.626. The number of carbonyl (C=O) groups is 1. The minimum atomic E-state index is 0.0344. The lowest BCUT2D eigenvalue weighted by Gasteiger charge is -2.27. The Bertz CT molecular complexity index is 964. The smallest absolute Gasteiger partial charge is 0.254 e. The summed E-state index contributed by atoms with van der Waals surface area (Å²) in [5, 5.41) is 0.867. The van der Waals surface area contributed by atoms with Gasteiger partial charge in [0, 0.05) is 28.5 Å². The molecule has 26 heavy (non-hydrogen) atoms. The summed E-state index contributed by atoms with van der Waals surface area (Å²) in [6, 6.07) is 16.0. The summed E-state index contributed by atoms with van der Waals surface area (Å²) < 4.78 is 6.32. The van der Waals surface area contributed by atoms with Crippen molar-refractivity contribution in [3.8, 4) is 11.3 Å². The second kappa shape index (κ2) is 7.17. The maximum atomic E-state index is 13.2. The van der Waals surface area contributed by atoms with Gasteiger partial charge in [0.25, 0.3) is 5.91 Å². The fourth-order valence-electron chi connectivity index (χ4n) is 3.18. The first-order valence-corrected chi connectivity index (χ1v) is 9.45. The highest BCUT2D eigenvalue weighted by Gasteiger charge is 2.22. The van der Waals surface area contributed by atoms with Crippen LogP contribution in [-0.2, 0) is 4.74 Å². The standard InChI is InChI=1S/C21H19BrN2O2/c1-14-2-4-15(5-3-14)20-13-18(21(25)24-8-10-26-11-9-24)17-12-16(22)6-7-19(17)23-20/h2-7,12-13H,8-11H2,1H3. The van der Waals surface area contributed by atoms with Crippen LogP contribution in [0.1, 0.15) is 15.9 Å². The molecule has 4 nitrogen and oxygen atoms in total. The topological polar surface area (TPSA) is 42.4 Å². The molecule has 0 N–H and O–H groups in total. The fraction of sp³-hybridized carbons (Fsp3) is 0.238. The second-order valence-electron chi connectivity index (χ2n) is 6.49. The number of benzene rings is 2. The maximum Gasteiger partial charge on any atom is 0.254 e. The number of morpholine rings is 1. The Morgan fingerprint density at radius 3 is 2.54 bits per heavy atom. The van der Waals surface area contributed by atoms with E-state index in [9.17, 15) is 4.79 Å². The Labute approximate surface area is 160 Å². The van der Waals surface area contributed by atoms with Crippen molar-refractivity contribution in [2.24, 2.45) is 0 Å². The normalized spacial score (nSPS) is 14.6. The fourth-order valence-corrected chi connectivity index (χ4v) is 3.55. The van der Waals surface area contributed by atoms with Gasteiger partial charge < -0.3 is 9.64 Å². The molecule has 0 saturated carbocycles. The van der Waals surface area contributed by atoms with Gasteiger partial charge in [0.15, 0.2) is 0 Å². The van der Waals surface area contributed by atoms with Gasteiger partial charge in [0.2, 0.25) is 0 Å². The first-order valence-electron chi connectivity index (χ1n) is 8.66. The third-order valence-electron chi connectivity index (χ3n) is 4.65. The average molecular weight is 411 g/mol. The van der Waals surface area contributed by atoms with E-state index in [2.05, 4.69) is 35.0 Å². The first-order chi connectivity index (χ1) is 12.6. The molecule has 1 saturated heterocycles. The van der Waals surface area contributed by atoms with Gasteiger partial charge in [-0.05, 0) is 31.2 Å². The molecule has 132 valence electrons. The highest BCUT2D eigenvalue weighted by Crippen LogP contribution is 2.28. The van der Waals surface area contributed by atoms with Crippen molar-refractivity contribution in [2.75, 3.05) is 26.3 Å². The molecule has 1 aliphatic rings. The molecule has 0 unspecified atom stereocenters. The Hall–Kier alpha value is -2.24. The molecule has 5 heteroatoms. The third kappa shape index (κ3) is 3.37. The summed E-state index contributed by atoms with van der Waals surface area (Å²) in [5.74, 6) is 0.0344. The largest absolute Gasteiger partial charge is 0.378 e. The number of fused-ring (bicyclic) bond motifs is 1. The van der Waals surface area contributed by atoms with E-state index in [1.54, 1.807) is 0 Å². The zero-order valence-corrected chi connectivity index (χ0v) is 16.1. The summed E-state index contributed by atoms with van der Waals surface area (Å²) in [7, 11) is 0. The number of halogens is 1. The lowest BCUT2D eigenvalue weighted by molar-refractivity contribution is 0.0304. The van der Waals surface area contributed by atoms with Gasteiger partial charge >= 0.3 is 0 Å². The van der Waals surface area contributed by atoms with Crippen LogP contribution in [0.2, 0.25) is 0 Å². The van der Waals surface area contributed by atoms with Crippen LogP contribution in [0.15, 0.2) is 53.0 Å². The molecule has 1 aromatic heterocycles. The number of pyridine rings is 1. The number of nitrogens with zero attached hydrogens (tertiary/aromatic N) is 2. The minimum Gasteiger partial charge on any atom is -0.378 e. The number of amides is 1. The number of hydrogen-bond acceptors (Lipinski definition) is 3. The van der Waals surface area contributed by atoms with Gasteiger partial charge in [-0.3, -0.25) is 4.79 Å². The first kappa shape index (κ1) is 17.2. The van der Waals surface area contributed by atoms with Crippen LogP contribution in [0.3, 0.4) is 0 Å². The van der Waals surface area contributed by atoms with Crippen LogP contribution in [0.4, 0.5) is 0 Å².